The summed E-state index contributed by atoms with van der Waals surface area (Å²) in [5.41, 5.74) is 0.913. The maximum atomic E-state index is 12.8. The highest BCUT2D eigenvalue weighted by molar-refractivity contribution is 5.99. The Morgan fingerprint density at radius 1 is 1.42 bits per heavy atom. The monoisotopic (exact) mass is 358 g/mol. The summed E-state index contributed by atoms with van der Waals surface area (Å²) in [7, 11) is 1.41. The van der Waals surface area contributed by atoms with Crippen LogP contribution >= 0.6 is 0 Å². The van der Waals surface area contributed by atoms with E-state index in [1.807, 2.05) is 6.07 Å². The lowest BCUT2D eigenvalue weighted by molar-refractivity contribution is 0.0474. The van der Waals surface area contributed by atoms with Gasteiger partial charge in [0.1, 0.15) is 12.0 Å². The second-order valence-electron chi connectivity index (χ2n) is 6.23. The fourth-order valence-corrected chi connectivity index (χ4v) is 3.00. The van der Waals surface area contributed by atoms with Crippen LogP contribution in [-0.4, -0.2) is 42.2 Å². The van der Waals surface area contributed by atoms with E-state index in [9.17, 15) is 14.7 Å². The Morgan fingerprint density at radius 3 is 2.96 bits per heavy atom. The van der Waals surface area contributed by atoms with Crippen molar-refractivity contribution in [2.24, 2.45) is 0 Å². The molecule has 2 N–H and O–H groups in total. The van der Waals surface area contributed by atoms with Gasteiger partial charge in [0.15, 0.2) is 0 Å². The smallest absolute Gasteiger partial charge is 0.256 e. The van der Waals surface area contributed by atoms with E-state index in [2.05, 4.69) is 5.32 Å². The molecule has 1 fully saturated rings. The number of carbonyl (C=O) groups excluding carboxylic acids is 1. The molecule has 1 aliphatic heterocycles. The van der Waals surface area contributed by atoms with Crippen molar-refractivity contribution in [1.29, 1.82) is 0 Å². The lowest BCUT2D eigenvalue weighted by Crippen LogP contribution is -2.42. The summed E-state index contributed by atoms with van der Waals surface area (Å²) in [6, 6.07) is 8.53. The second-order valence-corrected chi connectivity index (χ2v) is 6.23. The Morgan fingerprint density at radius 2 is 2.23 bits per heavy atom. The van der Waals surface area contributed by atoms with Gasteiger partial charge in [-0.15, -0.1) is 0 Å². The van der Waals surface area contributed by atoms with Crippen LogP contribution in [0.15, 0.2) is 45.8 Å². The van der Waals surface area contributed by atoms with Crippen LogP contribution in [0.1, 0.15) is 29.0 Å². The van der Waals surface area contributed by atoms with E-state index >= 15 is 0 Å². The van der Waals surface area contributed by atoms with E-state index in [0.29, 0.717) is 30.1 Å². The van der Waals surface area contributed by atoms with Gasteiger partial charge in [0, 0.05) is 24.8 Å². The van der Waals surface area contributed by atoms with E-state index in [1.54, 1.807) is 23.1 Å². The maximum absolute atomic E-state index is 12.8. The van der Waals surface area contributed by atoms with Gasteiger partial charge in [-0.2, -0.15) is 0 Å². The van der Waals surface area contributed by atoms with Crippen LogP contribution in [0.2, 0.25) is 0 Å². The van der Waals surface area contributed by atoms with Crippen LogP contribution in [0.4, 0.5) is 5.69 Å². The first-order chi connectivity index (χ1) is 12.6. The number of nitrogens with one attached hydrogen (secondary N) is 1. The molecule has 0 radical (unpaired) electrons. The van der Waals surface area contributed by atoms with Gasteiger partial charge in [0.05, 0.1) is 25.3 Å². The average Bonchev–Trinajstić information content (AvgIpc) is 2.66. The number of likely N-dealkylation sites (tertiary alicyclic amines) is 1. The van der Waals surface area contributed by atoms with Gasteiger partial charge < -0.3 is 24.5 Å². The Labute approximate surface area is 151 Å². The van der Waals surface area contributed by atoms with Crippen LogP contribution < -0.4 is 15.5 Å². The van der Waals surface area contributed by atoms with Crippen molar-refractivity contribution in [3.8, 4) is 5.75 Å². The Bertz CT molecular complexity index is 833. The fraction of sp³-hybridized carbons (Fsp3) is 0.368. The standard InChI is InChI=1S/C19H22N2O5/c1-25-18-12-26-14(9-17(18)23)10-20-16-7-3-2-6-15(16)19(24)21-8-4-5-13(22)11-21/h2-3,6-7,9,12-13,20,22H,4-5,8,10-11H2,1H3/t13-/m1/s1. The van der Waals surface area contributed by atoms with Crippen LogP contribution in [-0.2, 0) is 6.54 Å². The highest BCUT2D eigenvalue weighted by Crippen LogP contribution is 2.21. The number of amides is 1. The van der Waals surface area contributed by atoms with Gasteiger partial charge in [-0.1, -0.05) is 12.1 Å². The number of hydrogen-bond donors (Lipinski definition) is 2. The van der Waals surface area contributed by atoms with Gasteiger partial charge in [0.25, 0.3) is 5.91 Å². The number of benzene rings is 1. The minimum atomic E-state index is -0.471. The van der Waals surface area contributed by atoms with Crippen molar-refractivity contribution < 1.29 is 19.1 Å². The van der Waals surface area contributed by atoms with Crippen molar-refractivity contribution in [3.63, 3.8) is 0 Å². The van der Waals surface area contributed by atoms with Crippen molar-refractivity contribution in [1.82, 2.24) is 4.90 Å². The normalized spacial score (nSPS) is 17.0. The van der Waals surface area contributed by atoms with Crippen molar-refractivity contribution in [2.75, 3.05) is 25.5 Å². The number of rotatable bonds is 5. The molecule has 3 rings (SSSR count). The van der Waals surface area contributed by atoms with Gasteiger partial charge in [0.2, 0.25) is 11.2 Å². The van der Waals surface area contributed by atoms with Crippen molar-refractivity contribution in [2.45, 2.75) is 25.5 Å². The SMILES string of the molecule is COc1coc(CNc2ccccc2C(=O)N2CCC[C@@H](O)C2)cc1=O. The third-order valence-corrected chi connectivity index (χ3v) is 4.37. The molecule has 138 valence electrons. The number of aliphatic hydroxyl groups excluding tert-OH is 1. The quantitative estimate of drug-likeness (QED) is 0.848. The molecule has 0 bridgehead atoms. The van der Waals surface area contributed by atoms with E-state index in [-0.39, 0.29) is 23.6 Å². The lowest BCUT2D eigenvalue weighted by atomic mass is 10.1. The van der Waals surface area contributed by atoms with Crippen LogP contribution in [0.5, 0.6) is 5.75 Å². The summed E-state index contributed by atoms with van der Waals surface area (Å²) in [6.07, 6.45) is 2.31. The van der Waals surface area contributed by atoms with E-state index < -0.39 is 6.10 Å². The number of piperidine rings is 1. The molecule has 1 amide bonds. The number of anilines is 1. The summed E-state index contributed by atoms with van der Waals surface area (Å²) in [5, 5.41) is 12.9. The number of para-hydroxylation sites is 1. The van der Waals surface area contributed by atoms with Crippen LogP contribution in [0.3, 0.4) is 0 Å². The highest BCUT2D eigenvalue weighted by atomic mass is 16.5. The summed E-state index contributed by atoms with van der Waals surface area (Å²) >= 11 is 0. The molecule has 26 heavy (non-hydrogen) atoms. The molecular weight excluding hydrogens is 336 g/mol. The summed E-state index contributed by atoms with van der Waals surface area (Å²) in [4.78, 5) is 26.3. The largest absolute Gasteiger partial charge is 0.490 e. The number of nitrogens with zero attached hydrogens (tertiary/aromatic N) is 1. The molecule has 1 aromatic carbocycles. The van der Waals surface area contributed by atoms with Gasteiger partial charge in [-0.05, 0) is 25.0 Å². The highest BCUT2D eigenvalue weighted by Gasteiger charge is 2.24. The third kappa shape index (κ3) is 4.05. The number of carbonyl (C=O) groups is 1. The van der Waals surface area contributed by atoms with E-state index in [4.69, 9.17) is 9.15 Å². The lowest BCUT2D eigenvalue weighted by Gasteiger charge is -2.30. The number of aliphatic hydroxyl groups is 1. The number of β-amino-alcohol motifs (C(OH)–C–C–N with tert-alkyl or cyclic N) is 1. The predicted molar refractivity (Wildman–Crippen MR) is 96.4 cm³/mol. The molecule has 7 nitrogen and oxygen atoms in total. The van der Waals surface area contributed by atoms with Crippen molar-refractivity contribution >= 4 is 11.6 Å². The number of ether oxygens (including phenoxy) is 1. The number of hydrogen-bond acceptors (Lipinski definition) is 6. The molecule has 1 atom stereocenters. The molecule has 2 heterocycles. The third-order valence-electron chi connectivity index (χ3n) is 4.37. The molecular formula is C19H22N2O5. The average molecular weight is 358 g/mol. The molecule has 1 saturated heterocycles. The van der Waals surface area contributed by atoms with E-state index in [1.165, 1.54) is 19.4 Å². The summed E-state index contributed by atoms with van der Waals surface area (Å²) in [6.45, 7) is 1.24. The Balaban J connectivity index is 1.74. The first-order valence-corrected chi connectivity index (χ1v) is 8.54. The zero-order chi connectivity index (χ0) is 18.5. The summed E-state index contributed by atoms with van der Waals surface area (Å²) < 4.78 is 10.3. The predicted octanol–water partition coefficient (Wildman–Crippen LogP) is 1.86. The summed E-state index contributed by atoms with van der Waals surface area (Å²) in [5.74, 6) is 0.461. The van der Waals surface area contributed by atoms with Gasteiger partial charge in [-0.25, -0.2) is 0 Å². The number of methoxy groups -OCH3 is 1. The van der Waals surface area contributed by atoms with Gasteiger partial charge >= 0.3 is 0 Å². The second kappa shape index (κ2) is 8.05. The van der Waals surface area contributed by atoms with E-state index in [0.717, 1.165) is 12.8 Å². The zero-order valence-electron chi connectivity index (χ0n) is 14.6. The first-order valence-electron chi connectivity index (χ1n) is 8.54. The molecule has 1 aromatic heterocycles. The Kier molecular flexibility index (Phi) is 5.58. The first kappa shape index (κ1) is 18.0. The fourth-order valence-electron chi connectivity index (χ4n) is 3.00. The molecule has 7 heteroatoms. The van der Waals surface area contributed by atoms with Gasteiger partial charge in [-0.3, -0.25) is 9.59 Å². The topological polar surface area (TPSA) is 92.0 Å². The van der Waals surface area contributed by atoms with Crippen LogP contribution in [0, 0.1) is 0 Å². The van der Waals surface area contributed by atoms with Crippen molar-refractivity contribution in [3.05, 3.63) is 58.1 Å². The minimum Gasteiger partial charge on any atom is -0.490 e. The molecule has 0 spiro atoms. The molecule has 0 unspecified atom stereocenters. The molecule has 0 saturated carbocycles. The van der Waals surface area contributed by atoms with Crippen LogP contribution in [0.25, 0.3) is 0 Å². The maximum Gasteiger partial charge on any atom is 0.256 e. The molecule has 2 aromatic rings. The molecule has 1 aliphatic rings. The molecule has 0 aliphatic carbocycles. The zero-order valence-corrected chi connectivity index (χ0v) is 14.6. The Hall–Kier alpha value is -2.80. The minimum absolute atomic E-state index is 0.122.